The minimum Gasteiger partial charge on any atom is -0.457 e. The fourth-order valence-electron chi connectivity index (χ4n) is 2.82. The maximum atomic E-state index is 11.8. The Morgan fingerprint density at radius 2 is 0.926 bits per heavy atom. The van der Waals surface area contributed by atoms with E-state index in [-0.39, 0.29) is 0 Å². The van der Waals surface area contributed by atoms with Gasteiger partial charge in [0.2, 0.25) is 0 Å². The second kappa shape index (κ2) is 6.38. The van der Waals surface area contributed by atoms with Crippen molar-refractivity contribution in [3.63, 3.8) is 0 Å². The summed E-state index contributed by atoms with van der Waals surface area (Å²) < 4.78 is 5.78. The van der Waals surface area contributed by atoms with Crippen LogP contribution in [0.15, 0.2) is 72.8 Å². The predicted octanol–water partition coefficient (Wildman–Crippen LogP) is 2.34. The van der Waals surface area contributed by atoms with Gasteiger partial charge in [-0.15, -0.1) is 0 Å². The summed E-state index contributed by atoms with van der Waals surface area (Å²) in [6, 6.07) is 13.0. The van der Waals surface area contributed by atoms with Crippen LogP contribution >= 0.6 is 0 Å². The molecule has 2 aliphatic heterocycles. The van der Waals surface area contributed by atoms with Gasteiger partial charge in [0.15, 0.2) is 0 Å². The van der Waals surface area contributed by atoms with Crippen LogP contribution < -0.4 is 14.5 Å². The van der Waals surface area contributed by atoms with Crippen LogP contribution in [0.25, 0.3) is 0 Å². The van der Waals surface area contributed by atoms with Gasteiger partial charge in [-0.25, -0.2) is 9.80 Å². The number of carbonyl (C=O) groups is 4. The minimum atomic E-state index is -0.419. The number of amides is 4. The van der Waals surface area contributed by atoms with E-state index in [4.69, 9.17) is 4.74 Å². The van der Waals surface area contributed by atoms with E-state index in [0.717, 1.165) is 9.80 Å². The lowest BCUT2D eigenvalue weighted by Crippen LogP contribution is -2.29. The first-order chi connectivity index (χ1) is 13.0. The van der Waals surface area contributed by atoms with Crippen molar-refractivity contribution < 1.29 is 23.9 Å². The third kappa shape index (κ3) is 3.02. The molecule has 0 aromatic heterocycles. The molecule has 7 nitrogen and oxygen atoms in total. The van der Waals surface area contributed by atoms with Crippen molar-refractivity contribution in [2.24, 2.45) is 0 Å². The third-order valence-electron chi connectivity index (χ3n) is 4.01. The van der Waals surface area contributed by atoms with Gasteiger partial charge in [0, 0.05) is 36.4 Å². The van der Waals surface area contributed by atoms with Crippen molar-refractivity contribution >= 4 is 35.0 Å². The molecule has 132 valence electrons. The summed E-state index contributed by atoms with van der Waals surface area (Å²) in [7, 11) is 0. The number of benzene rings is 2. The molecule has 4 amide bonds. The quantitative estimate of drug-likeness (QED) is 0.782. The zero-order valence-electron chi connectivity index (χ0n) is 13.9. The minimum absolute atomic E-state index is 0.387. The highest BCUT2D eigenvalue weighted by atomic mass is 16.5. The standard InChI is InChI=1S/C20H12N2O5/c23-17-7-8-18(24)21(17)13-3-1-5-15(11-13)27-16-6-2-4-14(12-16)22-19(25)9-10-20(22)26/h1-12H. The predicted molar refractivity (Wildman–Crippen MR) is 96.2 cm³/mol. The Balaban J connectivity index is 1.58. The maximum Gasteiger partial charge on any atom is 0.258 e. The number of ether oxygens (including phenoxy) is 1. The zero-order valence-corrected chi connectivity index (χ0v) is 13.9. The number of carbonyl (C=O) groups excluding carboxylic acids is 4. The van der Waals surface area contributed by atoms with Crippen LogP contribution in [0.5, 0.6) is 11.5 Å². The average Bonchev–Trinajstić information content (AvgIpc) is 3.16. The molecule has 0 fully saturated rings. The number of nitrogens with zero attached hydrogens (tertiary/aromatic N) is 2. The molecule has 2 aromatic carbocycles. The summed E-state index contributed by atoms with van der Waals surface area (Å²) in [6.07, 6.45) is 4.82. The van der Waals surface area contributed by atoms with Crippen molar-refractivity contribution in [3.8, 4) is 11.5 Å². The molecule has 0 bridgehead atoms. The SMILES string of the molecule is O=C1C=CC(=O)N1c1cccc(Oc2cccc(N3C(=O)C=CC3=O)c2)c1. The van der Waals surface area contributed by atoms with E-state index in [1.165, 1.54) is 24.3 Å². The average molecular weight is 360 g/mol. The monoisotopic (exact) mass is 360 g/mol. The van der Waals surface area contributed by atoms with Crippen molar-refractivity contribution in [3.05, 3.63) is 72.8 Å². The van der Waals surface area contributed by atoms with Crippen LogP contribution in [-0.4, -0.2) is 23.6 Å². The van der Waals surface area contributed by atoms with Crippen LogP contribution in [0.3, 0.4) is 0 Å². The lowest BCUT2D eigenvalue weighted by Gasteiger charge is -2.16. The maximum absolute atomic E-state index is 11.8. The van der Waals surface area contributed by atoms with E-state index in [9.17, 15) is 19.2 Å². The smallest absolute Gasteiger partial charge is 0.258 e. The van der Waals surface area contributed by atoms with E-state index < -0.39 is 23.6 Å². The molecule has 4 rings (SSSR count). The number of hydrogen-bond acceptors (Lipinski definition) is 5. The topological polar surface area (TPSA) is 84.0 Å². The van der Waals surface area contributed by atoms with Crippen molar-refractivity contribution in [1.82, 2.24) is 0 Å². The van der Waals surface area contributed by atoms with Gasteiger partial charge in [-0.3, -0.25) is 19.2 Å². The fraction of sp³-hybridized carbons (Fsp3) is 0. The molecule has 2 aromatic rings. The first-order valence-electron chi connectivity index (χ1n) is 8.03. The molecule has 0 atom stereocenters. The lowest BCUT2D eigenvalue weighted by molar-refractivity contribution is -0.121. The summed E-state index contributed by atoms with van der Waals surface area (Å²) in [4.78, 5) is 49.3. The molecule has 0 radical (unpaired) electrons. The Kier molecular flexibility index (Phi) is 3.89. The van der Waals surface area contributed by atoms with Crippen LogP contribution in [0.4, 0.5) is 11.4 Å². The second-order valence-electron chi connectivity index (χ2n) is 5.79. The van der Waals surface area contributed by atoms with Gasteiger partial charge in [0.1, 0.15) is 11.5 Å². The summed E-state index contributed by atoms with van der Waals surface area (Å²) in [6.45, 7) is 0. The van der Waals surface area contributed by atoms with Crippen molar-refractivity contribution in [2.45, 2.75) is 0 Å². The summed E-state index contributed by atoms with van der Waals surface area (Å²) in [5.74, 6) is -0.880. The van der Waals surface area contributed by atoms with Crippen LogP contribution in [0.1, 0.15) is 0 Å². The van der Waals surface area contributed by atoms with Crippen LogP contribution in [0.2, 0.25) is 0 Å². The summed E-state index contributed by atoms with van der Waals surface area (Å²) >= 11 is 0. The van der Waals surface area contributed by atoms with Crippen molar-refractivity contribution in [1.29, 1.82) is 0 Å². The van der Waals surface area contributed by atoms with E-state index in [2.05, 4.69) is 0 Å². The van der Waals surface area contributed by atoms with E-state index in [1.807, 2.05) is 0 Å². The molecule has 27 heavy (non-hydrogen) atoms. The largest absolute Gasteiger partial charge is 0.457 e. The van der Waals surface area contributed by atoms with Gasteiger partial charge in [-0.2, -0.15) is 0 Å². The Hall–Kier alpha value is -4.00. The van der Waals surface area contributed by atoms with E-state index in [1.54, 1.807) is 48.5 Å². The Labute approximate surface area is 153 Å². The van der Waals surface area contributed by atoms with Gasteiger partial charge in [0.05, 0.1) is 11.4 Å². The second-order valence-corrected chi connectivity index (χ2v) is 5.79. The molecule has 0 aliphatic carbocycles. The number of hydrogen-bond donors (Lipinski definition) is 0. The highest BCUT2D eigenvalue weighted by Gasteiger charge is 2.26. The van der Waals surface area contributed by atoms with Gasteiger partial charge < -0.3 is 4.74 Å². The highest BCUT2D eigenvalue weighted by molar-refractivity contribution is 6.28. The summed E-state index contributed by atoms with van der Waals surface area (Å²) in [5.41, 5.74) is 0.774. The zero-order chi connectivity index (χ0) is 19.0. The molecule has 0 N–H and O–H groups in total. The summed E-state index contributed by atoms with van der Waals surface area (Å²) in [5, 5.41) is 0. The molecular weight excluding hydrogens is 348 g/mol. The Morgan fingerprint density at radius 1 is 0.556 bits per heavy atom. The number of rotatable bonds is 4. The Bertz CT molecular complexity index is 934. The lowest BCUT2D eigenvalue weighted by atomic mass is 10.2. The van der Waals surface area contributed by atoms with Gasteiger partial charge >= 0.3 is 0 Å². The first kappa shape index (κ1) is 16.5. The van der Waals surface area contributed by atoms with E-state index >= 15 is 0 Å². The molecule has 0 saturated carbocycles. The number of imide groups is 2. The first-order valence-corrected chi connectivity index (χ1v) is 8.03. The van der Waals surface area contributed by atoms with E-state index in [0.29, 0.717) is 22.9 Å². The third-order valence-corrected chi connectivity index (χ3v) is 4.01. The molecule has 0 spiro atoms. The molecule has 2 aliphatic rings. The van der Waals surface area contributed by atoms with Crippen molar-refractivity contribution in [2.75, 3.05) is 9.80 Å². The van der Waals surface area contributed by atoms with Gasteiger partial charge in [0.25, 0.3) is 23.6 Å². The normalized spacial score (nSPS) is 16.0. The van der Waals surface area contributed by atoms with Gasteiger partial charge in [-0.1, -0.05) is 12.1 Å². The molecular formula is C20H12N2O5. The van der Waals surface area contributed by atoms with Gasteiger partial charge in [-0.05, 0) is 24.3 Å². The Morgan fingerprint density at radius 3 is 1.30 bits per heavy atom. The molecule has 2 heterocycles. The molecule has 0 unspecified atom stereocenters. The van der Waals surface area contributed by atoms with Crippen LogP contribution in [-0.2, 0) is 19.2 Å². The number of anilines is 2. The van der Waals surface area contributed by atoms with Crippen LogP contribution in [0, 0.1) is 0 Å². The molecule has 0 saturated heterocycles. The highest BCUT2D eigenvalue weighted by Crippen LogP contribution is 2.30. The fourth-order valence-corrected chi connectivity index (χ4v) is 2.82. The molecule has 7 heteroatoms.